The third-order valence-electron chi connectivity index (χ3n) is 6.91. The van der Waals surface area contributed by atoms with Gasteiger partial charge in [0.05, 0.1) is 17.1 Å². The predicted octanol–water partition coefficient (Wildman–Crippen LogP) is 0.752. The van der Waals surface area contributed by atoms with Crippen LogP contribution >= 0.6 is 0 Å². The number of aliphatic hydroxyl groups excluding tert-OH is 2. The fourth-order valence-corrected chi connectivity index (χ4v) is 4.57. The molecule has 3 saturated heterocycles. The van der Waals surface area contributed by atoms with Gasteiger partial charge in [0.25, 0.3) is 0 Å². The first-order valence-corrected chi connectivity index (χ1v) is 9.48. The molecule has 154 valence electrons. The molecule has 0 spiro atoms. The number of carbonyl (C=O) groups is 2. The van der Waals surface area contributed by atoms with Crippen LogP contribution in [0.5, 0.6) is 0 Å². The minimum Gasteiger partial charge on any atom is -0.455 e. The first kappa shape index (κ1) is 19.6. The highest BCUT2D eigenvalue weighted by atomic mass is 16.7. The van der Waals surface area contributed by atoms with E-state index in [1.54, 1.807) is 27.7 Å². The quantitative estimate of drug-likeness (QED) is 0.305. The molecule has 2 N–H and O–H groups in total. The Hall–Kier alpha value is -1.74. The molecule has 0 aromatic rings. The molecule has 2 bridgehead atoms. The zero-order chi connectivity index (χ0) is 20.6. The van der Waals surface area contributed by atoms with Crippen LogP contribution in [0.2, 0.25) is 0 Å². The third-order valence-corrected chi connectivity index (χ3v) is 6.91. The van der Waals surface area contributed by atoms with Crippen LogP contribution in [0.3, 0.4) is 0 Å². The summed E-state index contributed by atoms with van der Waals surface area (Å²) >= 11 is 0. The lowest BCUT2D eigenvalue weighted by Gasteiger charge is -2.38. The van der Waals surface area contributed by atoms with Crippen molar-refractivity contribution in [2.75, 3.05) is 0 Å². The number of allylic oxidation sites excluding steroid dienone is 1. The number of epoxide rings is 1. The van der Waals surface area contributed by atoms with Crippen molar-refractivity contribution in [2.24, 2.45) is 5.41 Å². The van der Waals surface area contributed by atoms with Gasteiger partial charge in [-0.15, -0.1) is 0 Å². The van der Waals surface area contributed by atoms with Crippen LogP contribution in [0, 0.1) is 5.41 Å². The minimum absolute atomic E-state index is 0.0817. The molecule has 3 heterocycles. The van der Waals surface area contributed by atoms with Crippen molar-refractivity contribution in [3.63, 3.8) is 0 Å². The molecule has 3 aliphatic heterocycles. The third kappa shape index (κ3) is 2.32. The van der Waals surface area contributed by atoms with Crippen molar-refractivity contribution in [3.8, 4) is 0 Å². The molecule has 0 amide bonds. The second-order valence-electron chi connectivity index (χ2n) is 8.66. The Morgan fingerprint density at radius 2 is 1.96 bits per heavy atom. The average Bonchev–Trinajstić information content (AvgIpc) is 3.10. The lowest BCUT2D eigenvalue weighted by Crippen LogP contribution is -2.58. The summed E-state index contributed by atoms with van der Waals surface area (Å²) in [5, 5.41) is 21.7. The van der Waals surface area contributed by atoms with Crippen molar-refractivity contribution >= 4 is 11.9 Å². The van der Waals surface area contributed by atoms with Crippen LogP contribution in [-0.4, -0.2) is 64.1 Å². The number of carbonyl (C=O) groups excluding carboxylic acids is 2. The Labute approximate surface area is 163 Å². The highest BCUT2D eigenvalue weighted by Gasteiger charge is 2.74. The molecule has 0 saturated carbocycles. The average molecular weight is 394 g/mol. The van der Waals surface area contributed by atoms with E-state index in [9.17, 15) is 19.8 Å². The van der Waals surface area contributed by atoms with Gasteiger partial charge in [0, 0.05) is 0 Å². The van der Waals surface area contributed by atoms with Gasteiger partial charge in [-0.2, -0.15) is 0 Å². The van der Waals surface area contributed by atoms with Crippen LogP contribution in [0.1, 0.15) is 40.5 Å². The van der Waals surface area contributed by atoms with Gasteiger partial charge in [0.15, 0.2) is 23.6 Å². The summed E-state index contributed by atoms with van der Waals surface area (Å²) in [6.07, 6.45) is -2.37. The second-order valence-corrected chi connectivity index (χ2v) is 8.66. The van der Waals surface area contributed by atoms with Gasteiger partial charge in [-0.25, -0.2) is 9.59 Å². The summed E-state index contributed by atoms with van der Waals surface area (Å²) < 4.78 is 22.5. The molecule has 28 heavy (non-hydrogen) atoms. The largest absolute Gasteiger partial charge is 0.455 e. The molecular weight excluding hydrogens is 368 g/mol. The van der Waals surface area contributed by atoms with E-state index in [-0.39, 0.29) is 11.7 Å². The van der Waals surface area contributed by atoms with E-state index in [1.807, 2.05) is 6.08 Å². The fourth-order valence-electron chi connectivity index (χ4n) is 4.57. The predicted molar refractivity (Wildman–Crippen MR) is 94.8 cm³/mol. The summed E-state index contributed by atoms with van der Waals surface area (Å²) in [6.45, 7) is 10.6. The van der Waals surface area contributed by atoms with E-state index in [2.05, 4.69) is 6.58 Å². The smallest absolute Gasteiger partial charge is 0.341 e. The van der Waals surface area contributed by atoms with Gasteiger partial charge in [0.1, 0.15) is 12.2 Å². The van der Waals surface area contributed by atoms with E-state index in [0.29, 0.717) is 18.4 Å². The van der Waals surface area contributed by atoms with Gasteiger partial charge in [0.2, 0.25) is 0 Å². The topological polar surface area (TPSA) is 115 Å². The molecular formula is C20H26O8. The first-order valence-electron chi connectivity index (χ1n) is 9.48. The summed E-state index contributed by atoms with van der Waals surface area (Å²) in [6, 6.07) is 0. The molecule has 0 aromatic carbocycles. The Balaban J connectivity index is 1.83. The maximum absolute atomic E-state index is 12.8. The molecule has 8 heteroatoms. The maximum atomic E-state index is 12.8. The SMILES string of the molecule is C=C1C(=O)OC2C3(C)CCC=C(C)C(O)C(OC(=O)C4(C)OC4C)C12OC3O. The monoisotopic (exact) mass is 394 g/mol. The molecule has 4 rings (SSSR count). The summed E-state index contributed by atoms with van der Waals surface area (Å²) in [5.74, 6) is -1.37. The Morgan fingerprint density at radius 3 is 2.57 bits per heavy atom. The van der Waals surface area contributed by atoms with E-state index in [0.717, 1.165) is 0 Å². The van der Waals surface area contributed by atoms with E-state index in [1.165, 1.54) is 0 Å². The summed E-state index contributed by atoms with van der Waals surface area (Å²) in [5.41, 5.74) is -3.28. The first-order chi connectivity index (χ1) is 13.0. The van der Waals surface area contributed by atoms with Crippen molar-refractivity contribution in [1.29, 1.82) is 0 Å². The van der Waals surface area contributed by atoms with Crippen molar-refractivity contribution in [2.45, 2.75) is 82.4 Å². The number of esters is 2. The molecule has 0 aromatic heterocycles. The zero-order valence-corrected chi connectivity index (χ0v) is 16.4. The highest BCUT2D eigenvalue weighted by Crippen LogP contribution is 2.58. The van der Waals surface area contributed by atoms with E-state index < -0.39 is 53.2 Å². The Kier molecular flexibility index (Phi) is 4.11. The van der Waals surface area contributed by atoms with Gasteiger partial charge in [-0.05, 0) is 39.2 Å². The number of ether oxygens (including phenoxy) is 4. The Morgan fingerprint density at radius 1 is 1.32 bits per heavy atom. The molecule has 0 radical (unpaired) electrons. The van der Waals surface area contributed by atoms with Crippen molar-refractivity contribution < 1.29 is 38.7 Å². The maximum Gasteiger partial charge on any atom is 0.341 e. The summed E-state index contributed by atoms with van der Waals surface area (Å²) in [4.78, 5) is 25.2. The normalized spacial score (nSPS) is 50.1. The fraction of sp³-hybridized carbons (Fsp3) is 0.700. The number of rotatable bonds is 2. The minimum atomic E-state index is -1.69. The van der Waals surface area contributed by atoms with Gasteiger partial charge in [-0.3, -0.25) is 0 Å². The summed E-state index contributed by atoms with van der Waals surface area (Å²) in [7, 11) is 0. The van der Waals surface area contributed by atoms with Crippen molar-refractivity contribution in [1.82, 2.24) is 0 Å². The molecule has 3 fully saturated rings. The van der Waals surface area contributed by atoms with Crippen LogP contribution in [0.4, 0.5) is 0 Å². The number of hydrogen-bond donors (Lipinski definition) is 2. The highest BCUT2D eigenvalue weighted by molar-refractivity contribution is 5.94. The molecule has 8 atom stereocenters. The molecule has 8 unspecified atom stereocenters. The van der Waals surface area contributed by atoms with Gasteiger partial charge < -0.3 is 29.2 Å². The number of hydrogen-bond acceptors (Lipinski definition) is 8. The van der Waals surface area contributed by atoms with Crippen LogP contribution in [-0.2, 0) is 28.5 Å². The van der Waals surface area contributed by atoms with Gasteiger partial charge in [-0.1, -0.05) is 19.6 Å². The number of aliphatic hydroxyl groups is 2. The standard InChI is InChI=1S/C20H26O8/c1-9-7-6-8-18(4)15-20(28-16(18)23,10(2)14(22)26-15)13(12(9)21)25-17(24)19(5)11(3)27-19/h7,11-13,15-16,21,23H,2,6,8H2,1,3-5H3. The Bertz CT molecular complexity index is 789. The molecule has 1 aliphatic carbocycles. The molecule has 8 nitrogen and oxygen atoms in total. The van der Waals surface area contributed by atoms with Gasteiger partial charge >= 0.3 is 11.9 Å². The second kappa shape index (κ2) is 5.89. The van der Waals surface area contributed by atoms with Crippen LogP contribution < -0.4 is 0 Å². The zero-order valence-electron chi connectivity index (χ0n) is 16.4. The van der Waals surface area contributed by atoms with Crippen LogP contribution in [0.25, 0.3) is 0 Å². The van der Waals surface area contributed by atoms with E-state index in [4.69, 9.17) is 18.9 Å². The lowest BCUT2D eigenvalue weighted by atomic mass is 9.72. The van der Waals surface area contributed by atoms with Crippen LogP contribution in [0.15, 0.2) is 23.8 Å². The van der Waals surface area contributed by atoms with E-state index >= 15 is 0 Å². The van der Waals surface area contributed by atoms with Crippen molar-refractivity contribution in [3.05, 3.63) is 23.8 Å². The molecule has 4 aliphatic rings. The lowest BCUT2D eigenvalue weighted by molar-refractivity contribution is -0.208.